The lowest BCUT2D eigenvalue weighted by Gasteiger charge is -2.12. The Balaban J connectivity index is 2.09. The zero-order chi connectivity index (χ0) is 20.1. The molecule has 28 heavy (non-hydrogen) atoms. The van der Waals surface area contributed by atoms with Crippen molar-refractivity contribution in [2.24, 2.45) is 0 Å². The summed E-state index contributed by atoms with van der Waals surface area (Å²) in [6, 6.07) is 9.56. The van der Waals surface area contributed by atoms with Gasteiger partial charge in [0.1, 0.15) is 11.3 Å². The minimum absolute atomic E-state index is 0.0120. The predicted octanol–water partition coefficient (Wildman–Crippen LogP) is 3.14. The van der Waals surface area contributed by atoms with Crippen LogP contribution < -0.4 is 19.6 Å². The quantitative estimate of drug-likeness (QED) is 0.588. The maximum atomic E-state index is 12.6. The van der Waals surface area contributed by atoms with Gasteiger partial charge >= 0.3 is 0 Å². The van der Waals surface area contributed by atoms with Crippen molar-refractivity contribution in [3.05, 3.63) is 46.6 Å². The molecule has 0 bridgehead atoms. The lowest BCUT2D eigenvalue weighted by atomic mass is 10.1. The van der Waals surface area contributed by atoms with E-state index >= 15 is 0 Å². The first kappa shape index (κ1) is 19.5. The molecule has 0 radical (unpaired) electrons. The molecule has 0 aliphatic rings. The highest BCUT2D eigenvalue weighted by molar-refractivity contribution is 5.83. The molecule has 1 N–H and O–H groups in total. The van der Waals surface area contributed by atoms with Crippen LogP contribution in [0.1, 0.15) is 0 Å². The smallest absolute Gasteiger partial charge is 0.235 e. The van der Waals surface area contributed by atoms with Crippen molar-refractivity contribution in [3.63, 3.8) is 0 Å². The van der Waals surface area contributed by atoms with Crippen molar-refractivity contribution in [1.82, 2.24) is 0 Å². The molecule has 3 rings (SSSR count). The van der Waals surface area contributed by atoms with Crippen molar-refractivity contribution in [3.8, 4) is 34.3 Å². The highest BCUT2D eigenvalue weighted by atomic mass is 16.7. The van der Waals surface area contributed by atoms with Gasteiger partial charge in [-0.3, -0.25) is 4.79 Å². The number of fused-ring (bicyclic) bond motifs is 1. The van der Waals surface area contributed by atoms with Crippen LogP contribution in [0.2, 0.25) is 0 Å². The summed E-state index contributed by atoms with van der Waals surface area (Å²) in [5, 5.41) is 10.6. The van der Waals surface area contributed by atoms with Crippen LogP contribution in [0, 0.1) is 0 Å². The normalized spacial score (nSPS) is 10.8. The molecule has 0 fully saturated rings. The number of rotatable bonds is 8. The van der Waals surface area contributed by atoms with Crippen molar-refractivity contribution in [1.29, 1.82) is 0 Å². The average Bonchev–Trinajstić information content (AvgIpc) is 2.73. The zero-order valence-electron chi connectivity index (χ0n) is 15.7. The van der Waals surface area contributed by atoms with Gasteiger partial charge in [0, 0.05) is 25.8 Å². The Bertz CT molecular complexity index is 1020. The molecule has 2 aromatic carbocycles. The Morgan fingerprint density at radius 3 is 2.39 bits per heavy atom. The summed E-state index contributed by atoms with van der Waals surface area (Å²) in [7, 11) is 4.49. The molecular formula is C20H20O8. The highest BCUT2D eigenvalue weighted by Crippen LogP contribution is 2.36. The van der Waals surface area contributed by atoms with Crippen LogP contribution in [0.3, 0.4) is 0 Å². The molecule has 0 saturated carbocycles. The zero-order valence-corrected chi connectivity index (χ0v) is 15.7. The van der Waals surface area contributed by atoms with Crippen LogP contribution in [0.25, 0.3) is 22.3 Å². The maximum Gasteiger partial charge on any atom is 0.235 e. The molecule has 0 atom stereocenters. The molecule has 0 aliphatic heterocycles. The SMILES string of the molecule is COCOc1ccc2c(=O)c(O)c(-c3ccc(OCOC)c(OC)c3)oc2c1. The van der Waals surface area contributed by atoms with Gasteiger partial charge in [-0.15, -0.1) is 0 Å². The number of hydrogen-bond acceptors (Lipinski definition) is 8. The topological polar surface area (TPSA) is 96.6 Å². The van der Waals surface area contributed by atoms with Gasteiger partial charge in [-0.2, -0.15) is 0 Å². The summed E-state index contributed by atoms with van der Waals surface area (Å²) in [6.45, 7) is 0.108. The number of hydrogen-bond donors (Lipinski definition) is 1. The van der Waals surface area contributed by atoms with Gasteiger partial charge in [0.05, 0.1) is 12.5 Å². The first-order chi connectivity index (χ1) is 13.6. The molecule has 3 aromatic rings. The Morgan fingerprint density at radius 2 is 1.68 bits per heavy atom. The van der Waals surface area contributed by atoms with E-state index in [-0.39, 0.29) is 30.3 Å². The fourth-order valence-electron chi connectivity index (χ4n) is 2.63. The van der Waals surface area contributed by atoms with Crippen LogP contribution in [0.4, 0.5) is 0 Å². The number of benzene rings is 2. The van der Waals surface area contributed by atoms with Crippen LogP contribution in [0.5, 0.6) is 23.0 Å². The Kier molecular flexibility index (Phi) is 6.03. The third-order valence-corrected chi connectivity index (χ3v) is 3.94. The summed E-state index contributed by atoms with van der Waals surface area (Å²) in [6.07, 6.45) is 0. The lowest BCUT2D eigenvalue weighted by Crippen LogP contribution is -2.04. The van der Waals surface area contributed by atoms with E-state index in [1.165, 1.54) is 27.4 Å². The third kappa shape index (κ3) is 3.88. The molecule has 0 aliphatic carbocycles. The van der Waals surface area contributed by atoms with Crippen molar-refractivity contribution in [2.75, 3.05) is 34.9 Å². The summed E-state index contributed by atoms with van der Waals surface area (Å²) >= 11 is 0. The molecule has 0 saturated heterocycles. The largest absolute Gasteiger partial charge is 0.502 e. The summed E-state index contributed by atoms with van der Waals surface area (Å²) in [5.74, 6) is 0.832. The van der Waals surface area contributed by atoms with Crippen LogP contribution in [-0.4, -0.2) is 40.0 Å². The van der Waals surface area contributed by atoms with Gasteiger partial charge in [0.2, 0.25) is 11.2 Å². The van der Waals surface area contributed by atoms with E-state index < -0.39 is 11.2 Å². The van der Waals surface area contributed by atoms with Gasteiger partial charge in [0.15, 0.2) is 30.8 Å². The summed E-state index contributed by atoms with van der Waals surface area (Å²) < 4.78 is 31.7. The van der Waals surface area contributed by atoms with E-state index in [1.54, 1.807) is 30.3 Å². The van der Waals surface area contributed by atoms with E-state index in [0.717, 1.165) is 0 Å². The van der Waals surface area contributed by atoms with E-state index in [9.17, 15) is 9.90 Å². The minimum Gasteiger partial charge on any atom is -0.502 e. The van der Waals surface area contributed by atoms with Crippen molar-refractivity contribution >= 4 is 11.0 Å². The van der Waals surface area contributed by atoms with Gasteiger partial charge in [-0.25, -0.2) is 0 Å². The second-order valence-corrected chi connectivity index (χ2v) is 5.73. The van der Waals surface area contributed by atoms with E-state index in [2.05, 4.69) is 0 Å². The molecule has 1 heterocycles. The molecule has 8 nitrogen and oxygen atoms in total. The first-order valence-electron chi connectivity index (χ1n) is 8.30. The Morgan fingerprint density at radius 1 is 0.929 bits per heavy atom. The number of aromatic hydroxyl groups is 1. The summed E-state index contributed by atoms with van der Waals surface area (Å²) in [4.78, 5) is 12.6. The second-order valence-electron chi connectivity index (χ2n) is 5.73. The molecule has 0 spiro atoms. The fourth-order valence-corrected chi connectivity index (χ4v) is 2.63. The predicted molar refractivity (Wildman–Crippen MR) is 101 cm³/mol. The maximum absolute atomic E-state index is 12.6. The van der Waals surface area contributed by atoms with Crippen LogP contribution in [0.15, 0.2) is 45.6 Å². The molecule has 0 unspecified atom stereocenters. The number of methoxy groups -OCH3 is 3. The van der Waals surface area contributed by atoms with E-state index in [4.69, 9.17) is 28.1 Å². The molecule has 1 aromatic heterocycles. The van der Waals surface area contributed by atoms with Crippen molar-refractivity contribution < 1.29 is 33.2 Å². The average molecular weight is 388 g/mol. The standard InChI is InChI=1S/C20H20O8/c1-23-10-26-13-5-6-14-16(9-13)28-20(19(22)18(14)21)12-4-7-15(27-11-24-2)17(8-12)25-3/h4-9,22H,10-11H2,1-3H3. The lowest BCUT2D eigenvalue weighted by molar-refractivity contribution is 0.0491. The molecular weight excluding hydrogens is 368 g/mol. The van der Waals surface area contributed by atoms with Crippen molar-refractivity contribution in [2.45, 2.75) is 0 Å². The summed E-state index contributed by atoms with van der Waals surface area (Å²) in [5.41, 5.74) is 0.166. The second kappa shape index (κ2) is 8.64. The molecule has 148 valence electrons. The molecule has 0 amide bonds. The first-order valence-corrected chi connectivity index (χ1v) is 8.30. The highest BCUT2D eigenvalue weighted by Gasteiger charge is 2.18. The van der Waals surface area contributed by atoms with Gasteiger partial charge in [-0.1, -0.05) is 0 Å². The monoisotopic (exact) mass is 388 g/mol. The van der Waals surface area contributed by atoms with E-state index in [0.29, 0.717) is 22.8 Å². The van der Waals surface area contributed by atoms with E-state index in [1.807, 2.05) is 0 Å². The molecule has 8 heteroatoms. The number of ether oxygens (including phenoxy) is 5. The van der Waals surface area contributed by atoms with Gasteiger partial charge in [0.25, 0.3) is 0 Å². The third-order valence-electron chi connectivity index (χ3n) is 3.94. The Hall–Kier alpha value is -3.23. The van der Waals surface area contributed by atoms with Gasteiger partial charge in [-0.05, 0) is 30.3 Å². The van der Waals surface area contributed by atoms with Crippen LogP contribution in [-0.2, 0) is 9.47 Å². The fraction of sp³-hybridized carbons (Fsp3) is 0.250. The minimum atomic E-state index is -0.548. The van der Waals surface area contributed by atoms with Gasteiger partial charge < -0.3 is 33.2 Å². The Labute approximate surface area is 160 Å². The van der Waals surface area contributed by atoms with Crippen LogP contribution >= 0.6 is 0 Å².